The zero-order valence-corrected chi connectivity index (χ0v) is 22.0. The SMILES string of the molecule is CSC1O[C@H]([C@H](NC(=O)C2CC/C(=C\CCCc3ccccc3)CCN2)[C@H](C)Cl)[C@@H](O)C(O)[C@H]1O. The monoisotopic (exact) mass is 526 g/mol. The first-order valence-electron chi connectivity index (χ1n) is 12.4. The summed E-state index contributed by atoms with van der Waals surface area (Å²) in [6, 6.07) is 9.37. The van der Waals surface area contributed by atoms with Crippen LogP contribution in [0.1, 0.15) is 44.6 Å². The van der Waals surface area contributed by atoms with Crippen LogP contribution in [0.25, 0.3) is 0 Å². The number of thioether (sulfide) groups is 1. The summed E-state index contributed by atoms with van der Waals surface area (Å²) in [5.74, 6) is -0.204. The number of rotatable bonds is 9. The summed E-state index contributed by atoms with van der Waals surface area (Å²) in [6.45, 7) is 2.43. The Morgan fingerprint density at radius 3 is 2.66 bits per heavy atom. The Balaban J connectivity index is 1.53. The fraction of sp³-hybridized carbons (Fsp3) is 0.654. The number of hydrogen-bond donors (Lipinski definition) is 5. The molecule has 0 saturated carbocycles. The molecule has 3 rings (SSSR count). The molecule has 5 N–H and O–H groups in total. The molecule has 0 aliphatic carbocycles. The van der Waals surface area contributed by atoms with E-state index in [1.54, 1.807) is 13.2 Å². The highest BCUT2D eigenvalue weighted by molar-refractivity contribution is 7.99. The lowest BCUT2D eigenvalue weighted by Crippen LogP contribution is -2.65. The van der Waals surface area contributed by atoms with Crippen LogP contribution in [0.5, 0.6) is 0 Å². The number of alkyl halides is 1. The van der Waals surface area contributed by atoms with E-state index in [4.69, 9.17) is 16.3 Å². The molecule has 0 spiro atoms. The van der Waals surface area contributed by atoms with Crippen molar-refractivity contribution in [2.75, 3.05) is 12.8 Å². The second-order valence-corrected chi connectivity index (χ2v) is 11.0. The van der Waals surface area contributed by atoms with E-state index in [0.717, 1.165) is 32.1 Å². The maximum atomic E-state index is 13.1. The lowest BCUT2D eigenvalue weighted by atomic mass is 9.93. The molecule has 35 heavy (non-hydrogen) atoms. The number of aryl methyl sites for hydroxylation is 1. The Labute approximate surface area is 217 Å². The Kier molecular flexibility index (Phi) is 11.4. The smallest absolute Gasteiger partial charge is 0.237 e. The summed E-state index contributed by atoms with van der Waals surface area (Å²) in [5, 5.41) is 36.7. The van der Waals surface area contributed by atoms with Crippen molar-refractivity contribution in [3.63, 3.8) is 0 Å². The minimum Gasteiger partial charge on any atom is -0.388 e. The summed E-state index contributed by atoms with van der Waals surface area (Å²) < 4.78 is 5.85. The van der Waals surface area contributed by atoms with E-state index in [9.17, 15) is 20.1 Å². The van der Waals surface area contributed by atoms with E-state index in [-0.39, 0.29) is 11.9 Å². The summed E-state index contributed by atoms with van der Waals surface area (Å²) >= 11 is 7.62. The number of aliphatic hydroxyl groups is 3. The summed E-state index contributed by atoms with van der Waals surface area (Å²) in [4.78, 5) is 13.1. The lowest BCUT2D eigenvalue weighted by Gasteiger charge is -2.44. The first kappa shape index (κ1) is 28.4. The molecule has 1 aromatic rings. The second-order valence-electron chi connectivity index (χ2n) is 9.42. The summed E-state index contributed by atoms with van der Waals surface area (Å²) in [6.07, 6.45) is 4.76. The van der Waals surface area contributed by atoms with E-state index in [2.05, 4.69) is 41.0 Å². The van der Waals surface area contributed by atoms with Crippen molar-refractivity contribution in [1.29, 1.82) is 0 Å². The number of carbonyl (C=O) groups is 1. The molecular formula is C26H39ClN2O5S. The molecule has 0 bridgehead atoms. The quantitative estimate of drug-likeness (QED) is 0.191. The molecule has 2 aliphatic heterocycles. The average Bonchev–Trinajstić information content (AvgIpc) is 3.10. The van der Waals surface area contributed by atoms with Gasteiger partial charge in [-0.15, -0.1) is 23.4 Å². The van der Waals surface area contributed by atoms with Gasteiger partial charge in [0.05, 0.1) is 17.5 Å². The van der Waals surface area contributed by atoms with Crippen LogP contribution in [0.4, 0.5) is 0 Å². The summed E-state index contributed by atoms with van der Waals surface area (Å²) in [5.41, 5.74) is 2.00. The van der Waals surface area contributed by atoms with E-state index in [0.29, 0.717) is 13.0 Å². The molecule has 2 heterocycles. The van der Waals surface area contributed by atoms with Gasteiger partial charge in [0.2, 0.25) is 5.91 Å². The first-order valence-corrected chi connectivity index (χ1v) is 14.2. The predicted octanol–water partition coefficient (Wildman–Crippen LogP) is 2.36. The van der Waals surface area contributed by atoms with Crippen molar-refractivity contribution >= 4 is 29.3 Å². The number of hydrogen-bond acceptors (Lipinski definition) is 7. The van der Waals surface area contributed by atoms with Crippen LogP contribution >= 0.6 is 23.4 Å². The third-order valence-corrected chi connectivity index (χ3v) is 7.98. The van der Waals surface area contributed by atoms with Gasteiger partial charge in [-0.2, -0.15) is 0 Å². The topological polar surface area (TPSA) is 111 Å². The van der Waals surface area contributed by atoms with Crippen LogP contribution in [0.3, 0.4) is 0 Å². The fourth-order valence-corrected chi connectivity index (χ4v) is 5.62. The number of carbonyl (C=O) groups excluding carboxylic acids is 1. The number of benzene rings is 1. The van der Waals surface area contributed by atoms with Crippen molar-refractivity contribution in [3.05, 3.63) is 47.5 Å². The molecule has 196 valence electrons. The number of halogens is 1. The largest absolute Gasteiger partial charge is 0.388 e. The van der Waals surface area contributed by atoms with Crippen LogP contribution in [-0.2, 0) is 16.0 Å². The number of allylic oxidation sites excluding steroid dienone is 1. The van der Waals surface area contributed by atoms with Gasteiger partial charge in [0.15, 0.2) is 0 Å². The maximum absolute atomic E-state index is 13.1. The Bertz CT molecular complexity index is 825. The van der Waals surface area contributed by atoms with Gasteiger partial charge in [-0.1, -0.05) is 42.0 Å². The van der Waals surface area contributed by atoms with Crippen molar-refractivity contribution < 1.29 is 24.9 Å². The van der Waals surface area contributed by atoms with Gasteiger partial charge in [-0.3, -0.25) is 4.79 Å². The van der Waals surface area contributed by atoms with E-state index in [1.807, 2.05) is 6.07 Å². The number of nitrogens with one attached hydrogen (secondary N) is 2. The maximum Gasteiger partial charge on any atom is 0.237 e. The highest BCUT2D eigenvalue weighted by atomic mass is 35.5. The first-order chi connectivity index (χ1) is 16.8. The van der Waals surface area contributed by atoms with Gasteiger partial charge in [0.1, 0.15) is 29.9 Å². The minimum atomic E-state index is -1.38. The highest BCUT2D eigenvalue weighted by Crippen LogP contribution is 2.30. The Hall–Kier alpha value is -1.13. The van der Waals surface area contributed by atoms with Gasteiger partial charge < -0.3 is 30.7 Å². The standard InChI is InChI=1S/C26H39ClN2O5S/c1-16(27)20(24-22(31)21(30)23(32)26(34-24)35-2)29-25(33)19-13-12-18(14-15-28-19)11-7-6-10-17-8-4-3-5-9-17/h3-5,8-9,11,16,19-24,26,28,30-32H,6-7,10,12-15H2,1-2H3,(H,29,33)/b18-11+/t16-,19?,20+,21?,22-,23+,24+,26?/m0/s1. The molecule has 7 nitrogen and oxygen atoms in total. The molecule has 0 radical (unpaired) electrons. The number of unbranched alkanes of at least 4 members (excludes halogenated alkanes) is 1. The molecule has 0 aromatic heterocycles. The average molecular weight is 527 g/mol. The molecule has 8 atom stereocenters. The van der Waals surface area contributed by atoms with E-state index >= 15 is 0 Å². The van der Waals surface area contributed by atoms with Crippen LogP contribution in [0.15, 0.2) is 42.0 Å². The summed E-state index contributed by atoms with van der Waals surface area (Å²) in [7, 11) is 0. The number of aliphatic hydroxyl groups excluding tert-OH is 3. The lowest BCUT2D eigenvalue weighted by molar-refractivity contribution is -0.205. The van der Waals surface area contributed by atoms with Gasteiger partial charge in [0, 0.05) is 0 Å². The zero-order valence-electron chi connectivity index (χ0n) is 20.5. The van der Waals surface area contributed by atoms with Crippen LogP contribution < -0.4 is 10.6 Å². The highest BCUT2D eigenvalue weighted by Gasteiger charge is 2.48. The predicted molar refractivity (Wildman–Crippen MR) is 141 cm³/mol. The van der Waals surface area contributed by atoms with Crippen LogP contribution in [0, 0.1) is 0 Å². The number of amides is 1. The molecule has 3 unspecified atom stereocenters. The third-order valence-electron chi connectivity index (χ3n) is 6.85. The molecule has 2 fully saturated rings. The van der Waals surface area contributed by atoms with E-state index < -0.39 is 41.3 Å². The van der Waals surface area contributed by atoms with E-state index in [1.165, 1.54) is 22.9 Å². The molecular weight excluding hydrogens is 488 g/mol. The van der Waals surface area contributed by atoms with Gasteiger partial charge in [-0.25, -0.2) is 0 Å². The van der Waals surface area contributed by atoms with Gasteiger partial charge >= 0.3 is 0 Å². The normalized spacial score (nSPS) is 32.6. The van der Waals surface area contributed by atoms with Crippen molar-refractivity contribution in [1.82, 2.24) is 10.6 Å². The van der Waals surface area contributed by atoms with Crippen molar-refractivity contribution in [2.24, 2.45) is 0 Å². The Morgan fingerprint density at radius 2 is 1.97 bits per heavy atom. The third kappa shape index (κ3) is 7.92. The van der Waals surface area contributed by atoms with Crippen LogP contribution in [0.2, 0.25) is 0 Å². The van der Waals surface area contributed by atoms with Crippen LogP contribution in [-0.4, -0.2) is 81.3 Å². The van der Waals surface area contributed by atoms with Crippen molar-refractivity contribution in [2.45, 2.75) is 92.8 Å². The molecule has 1 amide bonds. The van der Waals surface area contributed by atoms with Gasteiger partial charge in [-0.05, 0) is 63.8 Å². The van der Waals surface area contributed by atoms with Crippen molar-refractivity contribution in [3.8, 4) is 0 Å². The molecule has 2 aliphatic rings. The molecule has 9 heteroatoms. The second kappa shape index (κ2) is 14.0. The molecule has 1 aromatic carbocycles. The molecule has 2 saturated heterocycles. The minimum absolute atomic E-state index is 0.204. The Morgan fingerprint density at radius 1 is 1.23 bits per heavy atom. The fourth-order valence-electron chi connectivity index (χ4n) is 4.74. The number of ether oxygens (including phenoxy) is 1. The zero-order chi connectivity index (χ0) is 25.4. The van der Waals surface area contributed by atoms with Gasteiger partial charge in [0.25, 0.3) is 0 Å².